The lowest BCUT2D eigenvalue weighted by Gasteiger charge is -2.08. The molecule has 0 bridgehead atoms. The predicted octanol–water partition coefficient (Wildman–Crippen LogP) is 2.94. The van der Waals surface area contributed by atoms with Crippen molar-refractivity contribution >= 4 is 17.6 Å². The molecule has 18 heavy (non-hydrogen) atoms. The highest BCUT2D eigenvalue weighted by atomic mass is 35.5. The van der Waals surface area contributed by atoms with E-state index >= 15 is 0 Å². The average Bonchev–Trinajstić information content (AvgIpc) is 2.35. The zero-order valence-corrected chi connectivity index (χ0v) is 10.1. The Bertz CT molecular complexity index is 631. The highest BCUT2D eigenvalue weighted by Crippen LogP contribution is 2.29. The lowest BCUT2D eigenvalue weighted by molar-refractivity contribution is 0.0690. The molecule has 0 aliphatic carbocycles. The summed E-state index contributed by atoms with van der Waals surface area (Å²) in [5.41, 5.74) is 0.672. The van der Waals surface area contributed by atoms with E-state index in [1.807, 2.05) is 0 Å². The molecule has 0 spiro atoms. The maximum Gasteiger partial charge on any atom is 0.356 e. The first-order valence-electron chi connectivity index (χ1n) is 5.01. The van der Waals surface area contributed by atoms with E-state index in [2.05, 4.69) is 9.97 Å². The number of rotatable bonds is 2. The summed E-state index contributed by atoms with van der Waals surface area (Å²) >= 11 is 5.70. The van der Waals surface area contributed by atoms with Crippen LogP contribution in [0.3, 0.4) is 0 Å². The van der Waals surface area contributed by atoms with Gasteiger partial charge in [0.25, 0.3) is 0 Å². The number of carbonyl (C=O) groups is 1. The van der Waals surface area contributed by atoms with Crippen LogP contribution in [-0.4, -0.2) is 21.0 Å². The summed E-state index contributed by atoms with van der Waals surface area (Å²) in [6.07, 6.45) is 2.40. The van der Waals surface area contributed by atoms with Gasteiger partial charge in [-0.15, -0.1) is 0 Å². The van der Waals surface area contributed by atoms with Gasteiger partial charge in [0.2, 0.25) is 0 Å². The van der Waals surface area contributed by atoms with Gasteiger partial charge in [0, 0.05) is 5.56 Å². The predicted molar refractivity (Wildman–Crippen MR) is 64.1 cm³/mol. The van der Waals surface area contributed by atoms with Crippen LogP contribution in [0.15, 0.2) is 24.5 Å². The molecule has 0 radical (unpaired) electrons. The van der Waals surface area contributed by atoms with E-state index in [1.54, 1.807) is 13.0 Å². The SMILES string of the molecule is Cc1ccc(Cl)c(F)c1-c1cncc(C(=O)O)n1. The summed E-state index contributed by atoms with van der Waals surface area (Å²) in [5, 5.41) is 8.78. The van der Waals surface area contributed by atoms with Gasteiger partial charge >= 0.3 is 5.97 Å². The highest BCUT2D eigenvalue weighted by Gasteiger charge is 2.15. The molecule has 6 heteroatoms. The Hall–Kier alpha value is -2.01. The molecule has 1 aromatic heterocycles. The molecule has 0 fully saturated rings. The van der Waals surface area contributed by atoms with Crippen molar-refractivity contribution in [2.45, 2.75) is 6.92 Å². The molecular formula is C12H8ClFN2O2. The van der Waals surface area contributed by atoms with E-state index in [4.69, 9.17) is 16.7 Å². The second-order valence-corrected chi connectivity index (χ2v) is 4.06. The molecule has 1 aromatic carbocycles. The molecule has 2 rings (SSSR count). The molecule has 0 saturated heterocycles. The van der Waals surface area contributed by atoms with E-state index < -0.39 is 11.8 Å². The van der Waals surface area contributed by atoms with Gasteiger partial charge in [-0.1, -0.05) is 17.7 Å². The van der Waals surface area contributed by atoms with Crippen molar-refractivity contribution in [2.24, 2.45) is 0 Å². The van der Waals surface area contributed by atoms with Crippen LogP contribution in [-0.2, 0) is 0 Å². The smallest absolute Gasteiger partial charge is 0.356 e. The topological polar surface area (TPSA) is 63.1 Å². The molecule has 0 amide bonds. The number of aromatic nitrogens is 2. The summed E-state index contributed by atoms with van der Waals surface area (Å²) in [5.74, 6) is -1.85. The molecule has 0 atom stereocenters. The molecule has 0 aliphatic heterocycles. The number of hydrogen-bond donors (Lipinski definition) is 1. The standard InChI is InChI=1S/C12H8ClFN2O2/c1-6-2-3-7(13)11(14)10(6)8-4-15-5-9(16-8)12(17)18/h2-5H,1H3,(H,17,18). The van der Waals surface area contributed by atoms with Crippen LogP contribution in [0.2, 0.25) is 5.02 Å². The fourth-order valence-electron chi connectivity index (χ4n) is 1.55. The molecular weight excluding hydrogens is 259 g/mol. The average molecular weight is 267 g/mol. The molecule has 2 aromatic rings. The highest BCUT2D eigenvalue weighted by molar-refractivity contribution is 6.31. The zero-order valence-electron chi connectivity index (χ0n) is 9.32. The Balaban J connectivity index is 2.65. The Kier molecular flexibility index (Phi) is 3.25. The van der Waals surface area contributed by atoms with Gasteiger partial charge in [0.05, 0.1) is 23.1 Å². The van der Waals surface area contributed by atoms with Crippen molar-refractivity contribution < 1.29 is 14.3 Å². The minimum absolute atomic E-state index is 0.0434. The molecule has 1 heterocycles. The van der Waals surface area contributed by atoms with Gasteiger partial charge in [-0.05, 0) is 18.6 Å². The number of nitrogens with zero attached hydrogens (tertiary/aromatic N) is 2. The van der Waals surface area contributed by atoms with Crippen LogP contribution in [0.1, 0.15) is 16.1 Å². The van der Waals surface area contributed by atoms with E-state index in [0.717, 1.165) is 6.20 Å². The lowest BCUT2D eigenvalue weighted by atomic mass is 10.1. The monoisotopic (exact) mass is 266 g/mol. The minimum Gasteiger partial charge on any atom is -0.476 e. The Morgan fingerprint density at radius 3 is 2.78 bits per heavy atom. The van der Waals surface area contributed by atoms with Crippen LogP contribution in [0.5, 0.6) is 0 Å². The normalized spacial score (nSPS) is 10.4. The Morgan fingerprint density at radius 1 is 1.39 bits per heavy atom. The quantitative estimate of drug-likeness (QED) is 0.908. The number of carboxylic acid groups (broad SMARTS) is 1. The van der Waals surface area contributed by atoms with Crippen LogP contribution in [0.4, 0.5) is 4.39 Å². The molecule has 92 valence electrons. The van der Waals surface area contributed by atoms with Gasteiger partial charge in [-0.3, -0.25) is 4.98 Å². The molecule has 1 N–H and O–H groups in total. The minimum atomic E-state index is -1.22. The maximum atomic E-state index is 13.9. The van der Waals surface area contributed by atoms with Gasteiger partial charge in [-0.25, -0.2) is 14.2 Å². The largest absolute Gasteiger partial charge is 0.476 e. The number of aromatic carboxylic acids is 1. The zero-order chi connectivity index (χ0) is 13.3. The first-order valence-corrected chi connectivity index (χ1v) is 5.39. The van der Waals surface area contributed by atoms with Crippen LogP contribution >= 0.6 is 11.6 Å². The molecule has 4 nitrogen and oxygen atoms in total. The Morgan fingerprint density at radius 2 is 2.11 bits per heavy atom. The number of carboxylic acids is 1. The van der Waals surface area contributed by atoms with Crippen molar-refractivity contribution in [3.8, 4) is 11.3 Å². The van der Waals surface area contributed by atoms with Crippen molar-refractivity contribution in [1.29, 1.82) is 0 Å². The van der Waals surface area contributed by atoms with Gasteiger partial charge in [0.1, 0.15) is 0 Å². The first kappa shape index (κ1) is 12.4. The second kappa shape index (κ2) is 4.70. The first-order chi connectivity index (χ1) is 8.50. The third-order valence-corrected chi connectivity index (χ3v) is 2.70. The van der Waals surface area contributed by atoms with Crippen LogP contribution in [0, 0.1) is 12.7 Å². The third kappa shape index (κ3) is 2.17. The summed E-state index contributed by atoms with van der Waals surface area (Å²) in [7, 11) is 0. The van der Waals surface area contributed by atoms with E-state index in [-0.39, 0.29) is 22.0 Å². The van der Waals surface area contributed by atoms with E-state index in [1.165, 1.54) is 12.3 Å². The summed E-state index contributed by atoms with van der Waals surface area (Å²) in [6.45, 7) is 1.68. The lowest BCUT2D eigenvalue weighted by Crippen LogP contribution is -2.03. The number of hydrogen-bond acceptors (Lipinski definition) is 3. The molecule has 0 saturated carbocycles. The van der Waals surface area contributed by atoms with Crippen LogP contribution in [0.25, 0.3) is 11.3 Å². The van der Waals surface area contributed by atoms with Gasteiger partial charge < -0.3 is 5.11 Å². The maximum absolute atomic E-state index is 13.9. The van der Waals surface area contributed by atoms with Crippen molar-refractivity contribution in [3.05, 3.63) is 46.6 Å². The summed E-state index contributed by atoms with van der Waals surface area (Å²) < 4.78 is 13.9. The fraction of sp³-hybridized carbons (Fsp3) is 0.0833. The molecule has 0 aliphatic rings. The Labute approximate surface area is 107 Å². The van der Waals surface area contributed by atoms with Crippen molar-refractivity contribution in [3.63, 3.8) is 0 Å². The fourth-order valence-corrected chi connectivity index (χ4v) is 1.71. The molecule has 0 unspecified atom stereocenters. The van der Waals surface area contributed by atoms with Crippen molar-refractivity contribution in [2.75, 3.05) is 0 Å². The number of halogens is 2. The summed E-state index contributed by atoms with van der Waals surface area (Å²) in [6, 6.07) is 3.07. The number of aryl methyl sites for hydroxylation is 1. The van der Waals surface area contributed by atoms with E-state index in [0.29, 0.717) is 5.56 Å². The third-order valence-electron chi connectivity index (χ3n) is 2.41. The van der Waals surface area contributed by atoms with Gasteiger partial charge in [0.15, 0.2) is 11.5 Å². The van der Waals surface area contributed by atoms with Crippen LogP contribution < -0.4 is 0 Å². The van der Waals surface area contributed by atoms with Crippen molar-refractivity contribution in [1.82, 2.24) is 9.97 Å². The van der Waals surface area contributed by atoms with E-state index in [9.17, 15) is 9.18 Å². The number of benzene rings is 1. The van der Waals surface area contributed by atoms with Gasteiger partial charge in [-0.2, -0.15) is 0 Å². The summed E-state index contributed by atoms with van der Waals surface area (Å²) in [4.78, 5) is 18.4. The second-order valence-electron chi connectivity index (χ2n) is 3.65.